The molecule has 2 atom stereocenters. The van der Waals surface area contributed by atoms with Crippen LogP contribution >= 0.6 is 23.2 Å². The van der Waals surface area contributed by atoms with Crippen LogP contribution in [0.5, 0.6) is 17.2 Å². The number of hydrogen-bond acceptors (Lipinski definition) is 15. The quantitative estimate of drug-likeness (QED) is 0.0139. The number of sulfone groups is 1. The van der Waals surface area contributed by atoms with Crippen molar-refractivity contribution < 1.29 is 60.5 Å². The minimum atomic E-state index is -3.94. The number of anilines is 2. The van der Waals surface area contributed by atoms with Gasteiger partial charge in [0.1, 0.15) is 23.9 Å². The highest BCUT2D eigenvalue weighted by Crippen LogP contribution is 2.30. The van der Waals surface area contributed by atoms with Crippen LogP contribution in [0.3, 0.4) is 0 Å². The van der Waals surface area contributed by atoms with Gasteiger partial charge in [0.15, 0.2) is 18.0 Å². The highest BCUT2D eigenvalue weighted by molar-refractivity contribution is 7.91. The van der Waals surface area contributed by atoms with Gasteiger partial charge in [0.25, 0.3) is 17.7 Å². The second kappa shape index (κ2) is 42.6. The SMILES string of the molecule is CCCCCCCCCCCCCCCCOC(=O)c1ccc(Cl)c(NC(=O)C(Oc2ccc(S(=O)(=O)c3ccc(OCc4ccccc4)cc3)cc2)C(=O)c2cnco2)c1.CCCCCCCCNC(=O)c1ccc(NC(=O)C(Oc2ccc(C)cc2)C(=O)c2nccn2-c2ccccc2)c(Cl)c1. The van der Waals surface area contributed by atoms with Gasteiger partial charge in [-0.05, 0) is 135 Å². The third-order valence-corrected chi connectivity index (χ3v) is 19.5. The maximum atomic E-state index is 13.8. The number of ketones is 2. The molecule has 3 N–H and O–H groups in total. The van der Waals surface area contributed by atoms with Crippen LogP contribution < -0.4 is 30.2 Å². The second-order valence-corrected chi connectivity index (χ2v) is 28.0. The molecular formula is C82H92Cl2N6O13S. The minimum Gasteiger partial charge on any atom is -0.489 e. The van der Waals surface area contributed by atoms with Crippen molar-refractivity contribution in [3.05, 3.63) is 239 Å². The predicted molar refractivity (Wildman–Crippen MR) is 404 cm³/mol. The Morgan fingerprint density at radius 2 is 1.06 bits per heavy atom. The number of hydrogen-bond donors (Lipinski definition) is 3. The first-order valence-corrected chi connectivity index (χ1v) is 38.0. The average molecular weight is 1470 g/mol. The Hall–Kier alpha value is -9.89. The Morgan fingerprint density at radius 1 is 0.538 bits per heavy atom. The van der Waals surface area contributed by atoms with Crippen LogP contribution in [0.25, 0.3) is 5.69 Å². The van der Waals surface area contributed by atoms with Crippen molar-refractivity contribution in [2.75, 3.05) is 23.8 Å². The van der Waals surface area contributed by atoms with Gasteiger partial charge in [0, 0.05) is 30.2 Å². The molecule has 0 fully saturated rings. The van der Waals surface area contributed by atoms with E-state index in [2.05, 4.69) is 39.8 Å². The molecule has 0 bridgehead atoms. The molecule has 7 aromatic carbocycles. The van der Waals surface area contributed by atoms with E-state index in [4.69, 9.17) is 46.6 Å². The lowest BCUT2D eigenvalue weighted by Gasteiger charge is -2.19. The molecule has 9 aromatic rings. The van der Waals surface area contributed by atoms with Gasteiger partial charge in [0.05, 0.1) is 49.6 Å². The van der Waals surface area contributed by atoms with Crippen LogP contribution in [0.15, 0.2) is 209 Å². The summed E-state index contributed by atoms with van der Waals surface area (Å²) in [5.41, 5.74) is 3.53. The molecule has 104 heavy (non-hydrogen) atoms. The van der Waals surface area contributed by atoms with Crippen molar-refractivity contribution in [1.82, 2.24) is 19.9 Å². The number of unbranched alkanes of at least 4 members (excludes halogenated alkanes) is 18. The smallest absolute Gasteiger partial charge is 0.338 e. The van der Waals surface area contributed by atoms with Crippen molar-refractivity contribution in [3.63, 3.8) is 0 Å². The molecule has 0 saturated heterocycles. The van der Waals surface area contributed by atoms with E-state index in [9.17, 15) is 37.2 Å². The number of oxazole rings is 1. The lowest BCUT2D eigenvalue weighted by molar-refractivity contribution is -0.121. The van der Waals surface area contributed by atoms with E-state index in [1.54, 1.807) is 41.1 Å². The van der Waals surface area contributed by atoms with E-state index in [0.29, 0.717) is 35.9 Å². The van der Waals surface area contributed by atoms with Gasteiger partial charge in [-0.15, -0.1) is 0 Å². The third-order valence-electron chi connectivity index (χ3n) is 17.1. The van der Waals surface area contributed by atoms with Gasteiger partial charge < -0.3 is 39.3 Å². The van der Waals surface area contributed by atoms with Gasteiger partial charge in [0.2, 0.25) is 33.6 Å². The van der Waals surface area contributed by atoms with Crippen molar-refractivity contribution >= 4 is 79.7 Å². The van der Waals surface area contributed by atoms with Crippen LogP contribution in [0.2, 0.25) is 10.0 Å². The Kier molecular flexibility index (Phi) is 32.7. The normalized spacial score (nSPS) is 11.7. The van der Waals surface area contributed by atoms with Crippen LogP contribution in [-0.4, -0.2) is 83.6 Å². The molecule has 2 unspecified atom stereocenters. The summed E-state index contributed by atoms with van der Waals surface area (Å²) in [4.78, 5) is 88.1. The fourth-order valence-corrected chi connectivity index (χ4v) is 12.8. The maximum Gasteiger partial charge on any atom is 0.338 e. The molecular weight excluding hydrogens is 1380 g/mol. The zero-order valence-corrected chi connectivity index (χ0v) is 61.5. The van der Waals surface area contributed by atoms with Gasteiger partial charge in [-0.1, -0.05) is 219 Å². The fraction of sp³-hybridized carbons (Fsp3) is 0.341. The molecule has 0 saturated carbocycles. The van der Waals surface area contributed by atoms with Crippen molar-refractivity contribution in [1.29, 1.82) is 0 Å². The fourth-order valence-electron chi connectivity index (χ4n) is 11.2. The first kappa shape index (κ1) is 79.8. The summed E-state index contributed by atoms with van der Waals surface area (Å²) in [5, 5.41) is 8.46. The highest BCUT2D eigenvalue weighted by atomic mass is 35.5. The summed E-state index contributed by atoms with van der Waals surface area (Å²) in [6.07, 6.45) is 25.9. The summed E-state index contributed by atoms with van der Waals surface area (Å²) >= 11 is 12.9. The molecule has 2 aromatic heterocycles. The number of halogens is 2. The summed E-state index contributed by atoms with van der Waals surface area (Å²) in [6, 6.07) is 46.1. The molecule has 0 aliphatic carbocycles. The Labute approximate surface area is 619 Å². The van der Waals surface area contributed by atoms with Gasteiger partial charge in [-0.3, -0.25) is 28.5 Å². The van der Waals surface area contributed by atoms with Crippen molar-refractivity contribution in [2.24, 2.45) is 0 Å². The number of carbonyl (C=O) groups excluding carboxylic acids is 6. The number of esters is 1. The Bertz CT molecular complexity index is 4270. The van der Waals surface area contributed by atoms with E-state index in [1.165, 1.54) is 163 Å². The number of nitrogens with zero attached hydrogens (tertiary/aromatic N) is 3. The van der Waals surface area contributed by atoms with Gasteiger partial charge in [-0.2, -0.15) is 0 Å². The summed E-state index contributed by atoms with van der Waals surface area (Å²) < 4.78 is 56.7. The number of aryl methyl sites for hydroxylation is 1. The lowest BCUT2D eigenvalue weighted by atomic mass is 10.0. The number of carbonyl (C=O) groups is 6. The van der Waals surface area contributed by atoms with E-state index >= 15 is 0 Å². The standard InChI is InChI=1S/C48H55ClN2O9S.C34H37ClN4O4/c1-2-3-4-5-6-7-8-9-10-11-12-13-14-18-31-57-48(54)37-21-30-42(49)43(32-37)51-47(53)46(45(52)44-33-50-35-59-44)60-39-24-28-41(29-25-39)61(55,56)40-26-22-38(23-27-40)58-34-36-19-16-15-17-20-36;1-3-4-5-6-7-11-20-37-33(41)25-16-19-29(28(35)23-25)38-34(42)31(43-27-17-14-24(2)15-18-27)30(40)32-36-21-22-39(32)26-12-9-8-10-13-26/h15-17,19-30,32-33,35,46H,2-14,18,31,34H2,1H3,(H,51,53);8-10,12-19,21-23,31H,3-7,11,20H2,1-2H3,(H,37,41)(H,38,42). The summed E-state index contributed by atoms with van der Waals surface area (Å²) in [7, 11) is -3.94. The minimum absolute atomic E-state index is 0.0172. The lowest BCUT2D eigenvalue weighted by Crippen LogP contribution is -2.41. The Balaban J connectivity index is 0.000000279. The van der Waals surface area contributed by atoms with Crippen LogP contribution in [0.1, 0.15) is 195 Å². The van der Waals surface area contributed by atoms with Gasteiger partial charge in [-0.25, -0.2) is 23.2 Å². The van der Waals surface area contributed by atoms with E-state index < -0.39 is 51.4 Å². The molecule has 0 spiro atoms. The first-order valence-electron chi connectivity index (χ1n) is 35.8. The molecule has 0 radical (unpaired) electrons. The molecule has 19 nitrogen and oxygen atoms in total. The number of para-hydroxylation sites is 1. The average Bonchev–Trinajstić information content (AvgIpc) is 1.59. The second-order valence-electron chi connectivity index (χ2n) is 25.2. The Morgan fingerprint density at radius 3 is 1.62 bits per heavy atom. The molecule has 0 aliphatic rings. The molecule has 0 aliphatic heterocycles. The third kappa shape index (κ3) is 25.2. The number of nitrogens with one attached hydrogen (secondary N) is 3. The number of benzene rings is 7. The van der Waals surface area contributed by atoms with Crippen LogP contribution in [-0.2, 0) is 30.8 Å². The molecule has 3 amide bonds. The summed E-state index contributed by atoms with van der Waals surface area (Å²) in [6.45, 7) is 7.53. The van der Waals surface area contributed by atoms with E-state index in [1.807, 2.05) is 79.7 Å². The molecule has 548 valence electrons. The van der Waals surface area contributed by atoms with Gasteiger partial charge >= 0.3 is 5.97 Å². The zero-order valence-electron chi connectivity index (χ0n) is 59.2. The van der Waals surface area contributed by atoms with Crippen LogP contribution in [0.4, 0.5) is 11.4 Å². The van der Waals surface area contributed by atoms with Crippen molar-refractivity contribution in [2.45, 2.75) is 178 Å². The molecule has 9 rings (SSSR count). The topological polar surface area (TPSA) is 253 Å². The van der Waals surface area contributed by atoms with Crippen LogP contribution in [0, 0.1) is 6.92 Å². The maximum absolute atomic E-state index is 13.8. The molecule has 22 heteroatoms. The zero-order chi connectivity index (χ0) is 73.9. The van der Waals surface area contributed by atoms with Crippen molar-refractivity contribution in [3.8, 4) is 22.9 Å². The largest absolute Gasteiger partial charge is 0.489 e. The van der Waals surface area contributed by atoms with E-state index in [-0.39, 0.29) is 66.6 Å². The monoisotopic (exact) mass is 1470 g/mol. The number of imidazole rings is 1. The number of rotatable bonds is 42. The number of amides is 3. The number of Topliss-reactive ketones (excluding diaryl/α,β-unsaturated/α-hetero) is 2. The van der Waals surface area contributed by atoms with E-state index in [0.717, 1.165) is 62.2 Å². The predicted octanol–water partition coefficient (Wildman–Crippen LogP) is 18.8. The molecule has 2 heterocycles. The number of aromatic nitrogens is 3. The highest BCUT2D eigenvalue weighted by Gasteiger charge is 2.35. The first-order chi connectivity index (χ1) is 50.5. The summed E-state index contributed by atoms with van der Waals surface area (Å²) in [5.74, 6) is -3.29. The number of ether oxygens (including phenoxy) is 4.